The van der Waals surface area contributed by atoms with Crippen LogP contribution < -0.4 is 14.9 Å². The molecule has 188 valence electrons. The van der Waals surface area contributed by atoms with E-state index in [1.807, 2.05) is 43.3 Å². The molecule has 3 aromatic carbocycles. The largest absolute Gasteiger partial charge is 0.332 e. The van der Waals surface area contributed by atoms with Crippen LogP contribution >= 0.6 is 12.2 Å². The minimum absolute atomic E-state index is 0.160. The number of carbonyl (C=O) groups is 1. The summed E-state index contributed by atoms with van der Waals surface area (Å²) in [5, 5.41) is 5.85. The van der Waals surface area contributed by atoms with Crippen LogP contribution in [0.4, 0.5) is 11.4 Å². The standard InChI is InChI=1S/C28H31N3O3S2/c1-19(2)18-21-8-10-22(11-9-21)20(3)27(32)30-28(35)29-24-12-14-25(15-13-24)36(33,34)31-17-16-23-6-4-5-7-26(23)31/h4-15,19-20H,16-18H2,1-3H3,(H2,29,30,32,35). The van der Waals surface area contributed by atoms with Gasteiger partial charge in [-0.25, -0.2) is 8.42 Å². The summed E-state index contributed by atoms with van der Waals surface area (Å²) in [4.78, 5) is 12.9. The Kier molecular flexibility index (Phi) is 7.76. The van der Waals surface area contributed by atoms with Crippen LogP contribution in [0.5, 0.6) is 0 Å². The molecule has 2 N–H and O–H groups in total. The molecule has 1 aliphatic rings. The Morgan fingerprint density at radius 2 is 1.64 bits per heavy atom. The Hall–Kier alpha value is -3.23. The molecule has 6 nitrogen and oxygen atoms in total. The lowest BCUT2D eigenvalue weighted by Gasteiger charge is -2.20. The van der Waals surface area contributed by atoms with Crippen molar-refractivity contribution in [3.63, 3.8) is 0 Å². The van der Waals surface area contributed by atoms with Gasteiger partial charge in [0.05, 0.1) is 16.5 Å². The van der Waals surface area contributed by atoms with E-state index in [2.05, 4.69) is 36.6 Å². The van der Waals surface area contributed by atoms with E-state index in [4.69, 9.17) is 12.2 Å². The highest BCUT2D eigenvalue weighted by Crippen LogP contribution is 2.32. The molecule has 1 heterocycles. The third-order valence-electron chi connectivity index (χ3n) is 6.30. The molecule has 4 rings (SSSR count). The second kappa shape index (κ2) is 10.8. The summed E-state index contributed by atoms with van der Waals surface area (Å²) in [6, 6.07) is 22.0. The first-order chi connectivity index (χ1) is 17.1. The first-order valence-electron chi connectivity index (χ1n) is 12.1. The fourth-order valence-corrected chi connectivity index (χ4v) is 6.06. The van der Waals surface area contributed by atoms with Crippen LogP contribution in [0.1, 0.15) is 43.4 Å². The number of benzene rings is 3. The molecular formula is C28H31N3O3S2. The van der Waals surface area contributed by atoms with E-state index in [1.54, 1.807) is 24.3 Å². The van der Waals surface area contributed by atoms with Gasteiger partial charge in [0.25, 0.3) is 10.0 Å². The molecule has 8 heteroatoms. The number of nitrogens with zero attached hydrogens (tertiary/aromatic N) is 1. The number of hydrogen-bond donors (Lipinski definition) is 2. The predicted octanol–water partition coefficient (Wildman–Crippen LogP) is 5.25. The van der Waals surface area contributed by atoms with Crippen LogP contribution in [-0.4, -0.2) is 26.0 Å². The fraction of sp³-hybridized carbons (Fsp3) is 0.286. The minimum Gasteiger partial charge on any atom is -0.332 e. The zero-order valence-electron chi connectivity index (χ0n) is 20.7. The number of carbonyl (C=O) groups excluding carboxylic acids is 1. The normalized spacial score (nSPS) is 13.8. The molecule has 0 saturated heterocycles. The van der Waals surface area contributed by atoms with Gasteiger partial charge in [-0.1, -0.05) is 56.3 Å². The zero-order valence-corrected chi connectivity index (χ0v) is 22.3. The monoisotopic (exact) mass is 521 g/mol. The summed E-state index contributed by atoms with van der Waals surface area (Å²) in [5.74, 6) is -0.00385. The molecule has 0 aromatic heterocycles. The Balaban J connectivity index is 1.36. The number of para-hydroxylation sites is 1. The van der Waals surface area contributed by atoms with Gasteiger partial charge in [0.15, 0.2) is 5.11 Å². The van der Waals surface area contributed by atoms with Gasteiger partial charge in [0.2, 0.25) is 5.91 Å². The van der Waals surface area contributed by atoms with E-state index in [9.17, 15) is 13.2 Å². The van der Waals surface area contributed by atoms with Crippen LogP contribution in [0.3, 0.4) is 0 Å². The molecule has 1 atom stereocenters. The maximum absolute atomic E-state index is 13.2. The second-order valence-corrected chi connectivity index (χ2v) is 11.8. The van der Waals surface area contributed by atoms with E-state index in [0.29, 0.717) is 24.6 Å². The molecule has 0 spiro atoms. The van der Waals surface area contributed by atoms with Crippen LogP contribution in [0.25, 0.3) is 0 Å². The van der Waals surface area contributed by atoms with E-state index in [1.165, 1.54) is 9.87 Å². The van der Waals surface area contributed by atoms with Crippen molar-refractivity contribution in [2.45, 2.75) is 44.4 Å². The second-order valence-electron chi connectivity index (χ2n) is 9.48. The maximum Gasteiger partial charge on any atom is 0.264 e. The first-order valence-corrected chi connectivity index (χ1v) is 13.9. The number of nitrogens with one attached hydrogen (secondary N) is 2. The summed E-state index contributed by atoms with van der Waals surface area (Å²) < 4.78 is 27.8. The number of sulfonamides is 1. The molecule has 0 aliphatic carbocycles. The highest BCUT2D eigenvalue weighted by atomic mass is 32.2. The summed E-state index contributed by atoms with van der Waals surface area (Å²) >= 11 is 5.32. The molecule has 1 unspecified atom stereocenters. The fourth-order valence-electron chi connectivity index (χ4n) is 4.34. The van der Waals surface area contributed by atoms with Crippen molar-refractivity contribution in [3.8, 4) is 0 Å². The summed E-state index contributed by atoms with van der Waals surface area (Å²) in [6.07, 6.45) is 1.70. The van der Waals surface area contributed by atoms with Gasteiger partial charge in [0, 0.05) is 12.2 Å². The molecule has 3 aromatic rings. The molecule has 0 fully saturated rings. The Labute approximate surface area is 218 Å². The Morgan fingerprint density at radius 1 is 0.972 bits per heavy atom. The van der Waals surface area contributed by atoms with Gasteiger partial charge in [-0.3, -0.25) is 9.10 Å². The first kappa shape index (κ1) is 25.9. The van der Waals surface area contributed by atoms with Gasteiger partial charge < -0.3 is 10.6 Å². The smallest absolute Gasteiger partial charge is 0.264 e. The highest BCUT2D eigenvalue weighted by molar-refractivity contribution is 7.92. The third-order valence-corrected chi connectivity index (χ3v) is 8.33. The van der Waals surface area contributed by atoms with Crippen molar-refractivity contribution in [2.24, 2.45) is 5.92 Å². The van der Waals surface area contributed by atoms with Crippen LogP contribution in [0, 0.1) is 5.92 Å². The third kappa shape index (κ3) is 5.77. The van der Waals surface area contributed by atoms with Crippen molar-refractivity contribution in [3.05, 3.63) is 89.5 Å². The maximum atomic E-state index is 13.2. The molecule has 0 radical (unpaired) electrons. The van der Waals surface area contributed by atoms with Crippen LogP contribution in [0.15, 0.2) is 77.7 Å². The van der Waals surface area contributed by atoms with Gasteiger partial charge in [-0.2, -0.15) is 0 Å². The Morgan fingerprint density at radius 3 is 2.31 bits per heavy atom. The number of fused-ring (bicyclic) bond motifs is 1. The van der Waals surface area contributed by atoms with Gasteiger partial charge in [-0.05, 0) is 84.9 Å². The molecule has 0 bridgehead atoms. The zero-order chi connectivity index (χ0) is 25.9. The van der Waals surface area contributed by atoms with Gasteiger partial charge in [-0.15, -0.1) is 0 Å². The van der Waals surface area contributed by atoms with E-state index in [-0.39, 0.29) is 21.8 Å². The van der Waals surface area contributed by atoms with Crippen LogP contribution in [-0.2, 0) is 27.7 Å². The predicted molar refractivity (Wildman–Crippen MR) is 149 cm³/mol. The number of anilines is 2. The average Bonchev–Trinajstić information content (AvgIpc) is 3.29. The lowest BCUT2D eigenvalue weighted by Crippen LogP contribution is -2.36. The van der Waals surface area contributed by atoms with Gasteiger partial charge in [0.1, 0.15) is 0 Å². The minimum atomic E-state index is -3.67. The summed E-state index contributed by atoms with van der Waals surface area (Å²) in [6.45, 7) is 6.62. The SMILES string of the molecule is CC(C)Cc1ccc(C(C)C(=O)NC(=S)Nc2ccc(S(=O)(=O)N3CCc4ccccc43)cc2)cc1. The number of thiocarbonyl (C=S) groups is 1. The number of amides is 1. The summed E-state index contributed by atoms with van der Waals surface area (Å²) in [5.41, 5.74) is 4.51. The molecule has 0 saturated carbocycles. The van der Waals surface area contributed by atoms with Crippen molar-refractivity contribution in [1.82, 2.24) is 5.32 Å². The van der Waals surface area contributed by atoms with E-state index < -0.39 is 10.0 Å². The molecule has 1 amide bonds. The Bertz CT molecular complexity index is 1350. The molecule has 1 aliphatic heterocycles. The highest BCUT2D eigenvalue weighted by Gasteiger charge is 2.30. The average molecular weight is 522 g/mol. The van der Waals surface area contributed by atoms with E-state index >= 15 is 0 Å². The van der Waals surface area contributed by atoms with Crippen LogP contribution in [0.2, 0.25) is 0 Å². The van der Waals surface area contributed by atoms with Gasteiger partial charge >= 0.3 is 0 Å². The quantitative estimate of drug-likeness (QED) is 0.415. The molecule has 36 heavy (non-hydrogen) atoms. The van der Waals surface area contributed by atoms with Crippen molar-refractivity contribution < 1.29 is 13.2 Å². The van der Waals surface area contributed by atoms with E-state index in [0.717, 1.165) is 23.2 Å². The van der Waals surface area contributed by atoms with Crippen molar-refractivity contribution in [2.75, 3.05) is 16.2 Å². The lowest BCUT2D eigenvalue weighted by molar-refractivity contribution is -0.120. The lowest BCUT2D eigenvalue weighted by atomic mass is 9.96. The topological polar surface area (TPSA) is 78.5 Å². The molecular weight excluding hydrogens is 490 g/mol. The van der Waals surface area contributed by atoms with Crippen molar-refractivity contribution in [1.29, 1.82) is 0 Å². The summed E-state index contributed by atoms with van der Waals surface area (Å²) in [7, 11) is -3.67. The number of rotatable bonds is 7. The van der Waals surface area contributed by atoms with Crippen molar-refractivity contribution >= 4 is 44.6 Å². The number of hydrogen-bond acceptors (Lipinski definition) is 4.